The summed E-state index contributed by atoms with van der Waals surface area (Å²) in [5, 5.41) is 11.4. The molecule has 0 aliphatic carbocycles. The maximum atomic E-state index is 10.6. The van der Waals surface area contributed by atoms with Gasteiger partial charge in [-0.15, -0.1) is 0 Å². The molecule has 0 radical (unpaired) electrons. The van der Waals surface area contributed by atoms with E-state index in [0.717, 1.165) is 0 Å². The van der Waals surface area contributed by atoms with Gasteiger partial charge in [0.1, 0.15) is 6.04 Å². The van der Waals surface area contributed by atoms with Gasteiger partial charge in [-0.2, -0.15) is 8.42 Å². The molecule has 82 valence electrons. The summed E-state index contributed by atoms with van der Waals surface area (Å²) >= 11 is 0. The van der Waals surface area contributed by atoms with E-state index >= 15 is 0 Å². The average Bonchev–Trinajstić information content (AvgIpc) is 2.01. The Bertz CT molecular complexity index is 312. The topological polar surface area (TPSA) is 104 Å². The number of carbonyl (C=O) groups is 1. The van der Waals surface area contributed by atoms with Crippen LogP contribution in [0.3, 0.4) is 0 Å². The summed E-state index contributed by atoms with van der Waals surface area (Å²) in [5.74, 6) is -1.60. The monoisotopic (exact) mass is 223 g/mol. The Kier molecular flexibility index (Phi) is 3.46. The van der Waals surface area contributed by atoms with E-state index in [4.69, 9.17) is 9.66 Å². The van der Waals surface area contributed by atoms with Crippen LogP contribution in [0.2, 0.25) is 0 Å². The highest BCUT2D eigenvalue weighted by Gasteiger charge is 2.28. The molecule has 0 unspecified atom stereocenters. The van der Waals surface area contributed by atoms with Crippen LogP contribution >= 0.6 is 0 Å². The third-order valence-electron chi connectivity index (χ3n) is 2.26. The van der Waals surface area contributed by atoms with E-state index in [9.17, 15) is 13.2 Å². The summed E-state index contributed by atoms with van der Waals surface area (Å²) < 4.78 is 29.7. The minimum atomic E-state index is -3.99. The second-order valence-corrected chi connectivity index (χ2v) is 4.98. The molecule has 3 N–H and O–H groups in total. The maximum Gasteiger partial charge on any atom is 0.320 e. The van der Waals surface area contributed by atoms with E-state index < -0.39 is 22.1 Å². The van der Waals surface area contributed by atoms with Gasteiger partial charge in [-0.1, -0.05) is 0 Å². The molecule has 1 fully saturated rings. The SMILES string of the molecule is O=C(O)[C@@H]1C[C@H](CS(=O)(=O)O)CCN1. The zero-order valence-corrected chi connectivity index (χ0v) is 8.33. The number of carboxylic acids is 1. The van der Waals surface area contributed by atoms with Gasteiger partial charge in [0, 0.05) is 0 Å². The number of rotatable bonds is 3. The maximum absolute atomic E-state index is 10.6. The van der Waals surface area contributed by atoms with Gasteiger partial charge in [-0.3, -0.25) is 9.35 Å². The third kappa shape index (κ3) is 3.60. The first-order valence-corrected chi connectivity index (χ1v) is 5.91. The van der Waals surface area contributed by atoms with Crippen LogP contribution in [0, 0.1) is 5.92 Å². The molecular weight excluding hydrogens is 210 g/mol. The van der Waals surface area contributed by atoms with Crippen molar-refractivity contribution in [3.63, 3.8) is 0 Å². The highest BCUT2D eigenvalue weighted by Crippen LogP contribution is 2.17. The molecule has 0 amide bonds. The lowest BCUT2D eigenvalue weighted by Gasteiger charge is -2.26. The number of carboxylic acid groups (broad SMARTS) is 1. The summed E-state index contributed by atoms with van der Waals surface area (Å²) in [5.41, 5.74) is 0. The smallest absolute Gasteiger partial charge is 0.320 e. The Hall–Kier alpha value is -0.660. The van der Waals surface area contributed by atoms with Crippen LogP contribution < -0.4 is 5.32 Å². The van der Waals surface area contributed by atoms with E-state index in [-0.39, 0.29) is 18.1 Å². The normalized spacial score (nSPS) is 28.6. The van der Waals surface area contributed by atoms with E-state index in [1.165, 1.54) is 0 Å². The minimum absolute atomic E-state index is 0.245. The van der Waals surface area contributed by atoms with Crippen molar-refractivity contribution < 1.29 is 22.9 Å². The Morgan fingerprint density at radius 1 is 1.50 bits per heavy atom. The molecule has 1 rings (SSSR count). The van der Waals surface area contributed by atoms with E-state index in [1.54, 1.807) is 0 Å². The van der Waals surface area contributed by atoms with Crippen molar-refractivity contribution in [1.29, 1.82) is 0 Å². The van der Waals surface area contributed by atoms with Crippen molar-refractivity contribution >= 4 is 16.1 Å². The standard InChI is InChI=1S/C7H13NO5S/c9-7(10)6-3-5(1-2-8-6)4-14(11,12)13/h5-6,8H,1-4H2,(H,9,10)(H,11,12,13)/t5-,6+/m1/s1. The summed E-state index contributed by atoms with van der Waals surface area (Å²) in [6.07, 6.45) is 0.818. The van der Waals surface area contributed by atoms with Gasteiger partial charge in [-0.25, -0.2) is 0 Å². The summed E-state index contributed by atoms with van der Waals surface area (Å²) in [6.45, 7) is 0.469. The van der Waals surface area contributed by atoms with Gasteiger partial charge in [0.25, 0.3) is 10.1 Å². The van der Waals surface area contributed by atoms with Crippen molar-refractivity contribution in [3.05, 3.63) is 0 Å². The van der Waals surface area contributed by atoms with Crippen LogP contribution in [-0.4, -0.2) is 42.4 Å². The van der Waals surface area contributed by atoms with Crippen molar-refractivity contribution in [2.75, 3.05) is 12.3 Å². The molecule has 7 heteroatoms. The van der Waals surface area contributed by atoms with Crippen LogP contribution in [-0.2, 0) is 14.9 Å². The van der Waals surface area contributed by atoms with E-state index in [1.807, 2.05) is 0 Å². The first-order valence-electron chi connectivity index (χ1n) is 4.30. The van der Waals surface area contributed by atoms with E-state index in [2.05, 4.69) is 5.32 Å². The van der Waals surface area contributed by atoms with Crippen LogP contribution in [0.5, 0.6) is 0 Å². The number of hydrogen-bond donors (Lipinski definition) is 3. The molecule has 1 heterocycles. The number of aliphatic carboxylic acids is 1. The quantitative estimate of drug-likeness (QED) is 0.548. The predicted octanol–water partition coefficient (Wildman–Crippen LogP) is -0.673. The Morgan fingerprint density at radius 2 is 2.14 bits per heavy atom. The first kappa shape index (κ1) is 11.4. The highest BCUT2D eigenvalue weighted by atomic mass is 32.2. The molecule has 6 nitrogen and oxygen atoms in total. The van der Waals surface area contributed by atoms with Gasteiger partial charge in [0.15, 0.2) is 0 Å². The lowest BCUT2D eigenvalue weighted by Crippen LogP contribution is -2.44. The molecular formula is C7H13NO5S. The number of hydrogen-bond acceptors (Lipinski definition) is 4. The van der Waals surface area contributed by atoms with Crippen molar-refractivity contribution in [3.8, 4) is 0 Å². The minimum Gasteiger partial charge on any atom is -0.480 e. The summed E-state index contributed by atoms with van der Waals surface area (Å²) in [4.78, 5) is 10.6. The van der Waals surface area contributed by atoms with Gasteiger partial charge in [0.05, 0.1) is 5.75 Å². The lowest BCUT2D eigenvalue weighted by atomic mass is 9.94. The fourth-order valence-electron chi connectivity index (χ4n) is 1.63. The molecule has 0 aromatic carbocycles. The molecule has 1 aliphatic rings. The molecule has 0 spiro atoms. The first-order chi connectivity index (χ1) is 6.38. The van der Waals surface area contributed by atoms with Crippen LogP contribution in [0.4, 0.5) is 0 Å². The highest BCUT2D eigenvalue weighted by molar-refractivity contribution is 7.85. The van der Waals surface area contributed by atoms with Crippen LogP contribution in [0.1, 0.15) is 12.8 Å². The Balaban J connectivity index is 2.52. The fraction of sp³-hybridized carbons (Fsp3) is 0.857. The number of piperidine rings is 1. The molecule has 1 saturated heterocycles. The summed E-state index contributed by atoms with van der Waals surface area (Å²) in [7, 11) is -3.99. The van der Waals surface area contributed by atoms with Gasteiger partial charge < -0.3 is 10.4 Å². The fourth-order valence-corrected chi connectivity index (χ4v) is 2.53. The second-order valence-electron chi connectivity index (χ2n) is 3.48. The zero-order valence-electron chi connectivity index (χ0n) is 7.51. The van der Waals surface area contributed by atoms with Crippen molar-refractivity contribution in [1.82, 2.24) is 5.32 Å². The van der Waals surface area contributed by atoms with Crippen LogP contribution in [0.25, 0.3) is 0 Å². The van der Waals surface area contributed by atoms with Crippen LogP contribution in [0.15, 0.2) is 0 Å². The summed E-state index contributed by atoms with van der Waals surface area (Å²) in [6, 6.07) is -0.699. The average molecular weight is 223 g/mol. The Labute approximate surface area is 82.1 Å². The van der Waals surface area contributed by atoms with Gasteiger partial charge >= 0.3 is 5.97 Å². The molecule has 14 heavy (non-hydrogen) atoms. The molecule has 0 bridgehead atoms. The number of nitrogens with one attached hydrogen (secondary N) is 1. The molecule has 1 aliphatic heterocycles. The van der Waals surface area contributed by atoms with Gasteiger partial charge in [-0.05, 0) is 25.3 Å². The third-order valence-corrected chi connectivity index (χ3v) is 3.15. The second kappa shape index (κ2) is 4.24. The van der Waals surface area contributed by atoms with Crippen molar-refractivity contribution in [2.45, 2.75) is 18.9 Å². The molecule has 0 saturated carbocycles. The molecule has 0 aromatic rings. The van der Waals surface area contributed by atoms with Gasteiger partial charge in [0.2, 0.25) is 0 Å². The molecule has 0 aromatic heterocycles. The Morgan fingerprint density at radius 3 is 2.64 bits per heavy atom. The van der Waals surface area contributed by atoms with E-state index in [0.29, 0.717) is 13.0 Å². The van der Waals surface area contributed by atoms with Crippen molar-refractivity contribution in [2.24, 2.45) is 5.92 Å². The predicted molar refractivity (Wildman–Crippen MR) is 48.6 cm³/mol. The molecule has 2 atom stereocenters. The lowest BCUT2D eigenvalue weighted by molar-refractivity contribution is -0.140. The largest absolute Gasteiger partial charge is 0.480 e. The zero-order chi connectivity index (χ0) is 10.8.